The zero-order valence-corrected chi connectivity index (χ0v) is 7.31. The smallest absolute Gasteiger partial charge is 0.0406 e. The normalized spacial score (nSPS) is 8.36. The molecule has 0 amide bonds. The van der Waals surface area contributed by atoms with Crippen LogP contribution in [0.3, 0.4) is 0 Å². The van der Waals surface area contributed by atoms with Gasteiger partial charge in [0, 0.05) is 11.6 Å². The third-order valence-electron chi connectivity index (χ3n) is 1.15. The number of nitrogens with two attached hydrogens (primary N) is 2. The van der Waals surface area contributed by atoms with Crippen molar-refractivity contribution in [1.29, 1.82) is 0 Å². The van der Waals surface area contributed by atoms with Crippen molar-refractivity contribution in [2.45, 2.75) is 6.54 Å². The van der Waals surface area contributed by atoms with Crippen LogP contribution in [-0.2, 0) is 6.54 Å². The number of hydrogen-bond donors (Lipinski definition) is 2. The van der Waals surface area contributed by atoms with Gasteiger partial charge in [0.25, 0.3) is 0 Å². The Morgan fingerprint density at radius 2 is 1.64 bits per heavy atom. The lowest BCUT2D eigenvalue weighted by Gasteiger charge is -1.93. The highest BCUT2D eigenvalue weighted by molar-refractivity contribution is 6.30. The first-order valence-electron chi connectivity index (χ1n) is 3.35. The summed E-state index contributed by atoms with van der Waals surface area (Å²) in [6.07, 6.45) is 0. The Bertz CT molecular complexity index is 184. The molecular weight excluding hydrogens is 160 g/mol. The zero-order valence-electron chi connectivity index (χ0n) is 6.55. The molecule has 0 aliphatic carbocycles. The van der Waals surface area contributed by atoms with Crippen LogP contribution in [0.2, 0.25) is 5.02 Å². The van der Waals surface area contributed by atoms with E-state index >= 15 is 0 Å². The average molecular weight is 173 g/mol. The highest BCUT2D eigenvalue weighted by Crippen LogP contribution is 2.08. The second-order valence-electron chi connectivity index (χ2n) is 1.83. The Morgan fingerprint density at radius 1 is 1.18 bits per heavy atom. The average Bonchev–Trinajstić information content (AvgIpc) is 2.10. The fourth-order valence-corrected chi connectivity index (χ4v) is 0.746. The molecule has 0 aliphatic rings. The zero-order chi connectivity index (χ0) is 8.69. The summed E-state index contributed by atoms with van der Waals surface area (Å²) in [5, 5.41) is 0.757. The summed E-state index contributed by atoms with van der Waals surface area (Å²) in [6, 6.07) is 7.51. The van der Waals surface area contributed by atoms with E-state index in [1.165, 1.54) is 7.05 Å². The molecule has 0 heterocycles. The molecule has 0 aromatic heterocycles. The van der Waals surface area contributed by atoms with Gasteiger partial charge in [0.2, 0.25) is 0 Å². The van der Waals surface area contributed by atoms with Gasteiger partial charge in [0.1, 0.15) is 0 Å². The van der Waals surface area contributed by atoms with Gasteiger partial charge in [-0.1, -0.05) is 23.7 Å². The number of halogens is 1. The summed E-state index contributed by atoms with van der Waals surface area (Å²) in [5.74, 6) is 0. The maximum atomic E-state index is 5.63. The van der Waals surface area contributed by atoms with Gasteiger partial charge in [0.05, 0.1) is 0 Å². The van der Waals surface area contributed by atoms with E-state index in [1.807, 2.05) is 24.3 Å². The summed E-state index contributed by atoms with van der Waals surface area (Å²) in [5.41, 5.74) is 11.0. The third kappa shape index (κ3) is 3.98. The topological polar surface area (TPSA) is 52.0 Å². The van der Waals surface area contributed by atoms with Crippen LogP contribution in [0.15, 0.2) is 24.3 Å². The first-order valence-corrected chi connectivity index (χ1v) is 3.73. The van der Waals surface area contributed by atoms with Crippen LogP contribution in [0.4, 0.5) is 0 Å². The fraction of sp³-hybridized carbons (Fsp3) is 0.250. The molecule has 1 rings (SSSR count). The quantitative estimate of drug-likeness (QED) is 0.673. The molecule has 62 valence electrons. The molecule has 11 heavy (non-hydrogen) atoms. The molecule has 0 aliphatic heterocycles. The number of hydrogen-bond acceptors (Lipinski definition) is 2. The Labute approximate surface area is 72.2 Å². The summed E-state index contributed by atoms with van der Waals surface area (Å²) in [7, 11) is 1.50. The number of rotatable bonds is 1. The molecule has 0 spiro atoms. The Balaban J connectivity index is 0.000000461. The lowest BCUT2D eigenvalue weighted by molar-refractivity contribution is 1.07. The molecule has 1 aromatic carbocycles. The van der Waals surface area contributed by atoms with Crippen molar-refractivity contribution in [1.82, 2.24) is 0 Å². The minimum Gasteiger partial charge on any atom is -0.333 e. The Morgan fingerprint density at radius 3 is 2.00 bits per heavy atom. The molecule has 0 fully saturated rings. The third-order valence-corrected chi connectivity index (χ3v) is 1.40. The predicted molar refractivity (Wildman–Crippen MR) is 49.5 cm³/mol. The van der Waals surface area contributed by atoms with E-state index in [-0.39, 0.29) is 0 Å². The van der Waals surface area contributed by atoms with Gasteiger partial charge in [-0.25, -0.2) is 0 Å². The molecule has 1 aromatic rings. The van der Waals surface area contributed by atoms with Gasteiger partial charge in [0.15, 0.2) is 0 Å². The van der Waals surface area contributed by atoms with Gasteiger partial charge in [-0.2, -0.15) is 0 Å². The minimum absolute atomic E-state index is 0.581. The van der Waals surface area contributed by atoms with Crippen molar-refractivity contribution in [2.24, 2.45) is 11.5 Å². The van der Waals surface area contributed by atoms with Gasteiger partial charge in [-0.05, 0) is 24.7 Å². The summed E-state index contributed by atoms with van der Waals surface area (Å²) in [6.45, 7) is 0.581. The van der Waals surface area contributed by atoms with Crippen LogP contribution in [0.25, 0.3) is 0 Å². The van der Waals surface area contributed by atoms with E-state index in [0.29, 0.717) is 6.54 Å². The van der Waals surface area contributed by atoms with E-state index in [4.69, 9.17) is 17.3 Å². The molecule has 2 nitrogen and oxygen atoms in total. The lowest BCUT2D eigenvalue weighted by Crippen LogP contribution is -1.94. The lowest BCUT2D eigenvalue weighted by atomic mass is 10.2. The molecule has 0 radical (unpaired) electrons. The van der Waals surface area contributed by atoms with Crippen molar-refractivity contribution in [2.75, 3.05) is 7.05 Å². The maximum absolute atomic E-state index is 5.63. The first kappa shape index (κ1) is 10.4. The van der Waals surface area contributed by atoms with Crippen molar-refractivity contribution in [3.8, 4) is 0 Å². The van der Waals surface area contributed by atoms with Crippen molar-refractivity contribution in [3.05, 3.63) is 34.9 Å². The molecular formula is C8H13ClN2. The van der Waals surface area contributed by atoms with E-state index in [9.17, 15) is 0 Å². The van der Waals surface area contributed by atoms with Gasteiger partial charge in [-0.3, -0.25) is 0 Å². The molecule has 4 N–H and O–H groups in total. The van der Waals surface area contributed by atoms with Crippen LogP contribution in [0.5, 0.6) is 0 Å². The molecule has 3 heteroatoms. The molecule has 0 unspecified atom stereocenters. The largest absolute Gasteiger partial charge is 0.333 e. The van der Waals surface area contributed by atoms with Crippen LogP contribution in [0.1, 0.15) is 5.56 Å². The van der Waals surface area contributed by atoms with Crippen molar-refractivity contribution < 1.29 is 0 Å². The highest BCUT2D eigenvalue weighted by Gasteiger charge is 1.86. The second kappa shape index (κ2) is 6.16. The van der Waals surface area contributed by atoms with Crippen LogP contribution in [0, 0.1) is 0 Å². The van der Waals surface area contributed by atoms with E-state index in [1.54, 1.807) is 0 Å². The van der Waals surface area contributed by atoms with Gasteiger partial charge in [-0.15, -0.1) is 0 Å². The van der Waals surface area contributed by atoms with Gasteiger partial charge < -0.3 is 11.5 Å². The van der Waals surface area contributed by atoms with Crippen LogP contribution >= 0.6 is 11.6 Å². The predicted octanol–water partition coefficient (Wildman–Crippen LogP) is 1.37. The standard InChI is InChI=1S/C7H8ClN.CH5N/c8-7-3-1-6(5-9)2-4-7;1-2/h1-4H,5,9H2;2H2,1H3. The van der Waals surface area contributed by atoms with Crippen molar-refractivity contribution >= 4 is 11.6 Å². The molecule has 0 atom stereocenters. The summed E-state index contributed by atoms with van der Waals surface area (Å²) < 4.78 is 0. The molecule has 0 saturated carbocycles. The monoisotopic (exact) mass is 172 g/mol. The van der Waals surface area contributed by atoms with Crippen LogP contribution in [-0.4, -0.2) is 7.05 Å². The van der Waals surface area contributed by atoms with Crippen molar-refractivity contribution in [3.63, 3.8) is 0 Å². The van der Waals surface area contributed by atoms with Gasteiger partial charge >= 0.3 is 0 Å². The van der Waals surface area contributed by atoms with Crippen LogP contribution < -0.4 is 11.5 Å². The maximum Gasteiger partial charge on any atom is 0.0406 e. The molecule has 0 bridgehead atoms. The SMILES string of the molecule is CN.NCc1ccc(Cl)cc1. The molecule has 0 saturated heterocycles. The second-order valence-corrected chi connectivity index (χ2v) is 2.27. The first-order chi connectivity index (χ1) is 5.33. The Kier molecular flexibility index (Phi) is 5.84. The summed E-state index contributed by atoms with van der Waals surface area (Å²) >= 11 is 5.63. The fourth-order valence-electron chi connectivity index (χ4n) is 0.620. The Hall–Kier alpha value is -0.570. The number of benzene rings is 1. The summed E-state index contributed by atoms with van der Waals surface area (Å²) in [4.78, 5) is 0. The van der Waals surface area contributed by atoms with E-state index in [0.717, 1.165) is 10.6 Å². The van der Waals surface area contributed by atoms with E-state index < -0.39 is 0 Å². The highest BCUT2D eigenvalue weighted by atomic mass is 35.5. The minimum atomic E-state index is 0.581. The van der Waals surface area contributed by atoms with E-state index in [2.05, 4.69) is 5.73 Å².